The Kier molecular flexibility index (Phi) is 3.84. The Morgan fingerprint density at radius 2 is 2.21 bits per heavy atom. The molecule has 0 aliphatic rings. The summed E-state index contributed by atoms with van der Waals surface area (Å²) in [6, 6.07) is 4.82. The highest BCUT2D eigenvalue weighted by Gasteiger charge is 2.13. The molecule has 0 saturated carbocycles. The van der Waals surface area contributed by atoms with Crippen molar-refractivity contribution in [1.29, 1.82) is 0 Å². The van der Waals surface area contributed by atoms with E-state index in [2.05, 4.69) is 10.2 Å². The third kappa shape index (κ3) is 2.93. The number of aromatic nitrogens is 3. The quantitative estimate of drug-likeness (QED) is 0.869. The van der Waals surface area contributed by atoms with Gasteiger partial charge in [-0.25, -0.2) is 4.39 Å². The van der Waals surface area contributed by atoms with E-state index in [9.17, 15) is 9.18 Å². The van der Waals surface area contributed by atoms with E-state index in [0.717, 1.165) is 11.8 Å². The van der Waals surface area contributed by atoms with Crippen LogP contribution in [0.5, 0.6) is 0 Å². The topological polar surface area (TPSA) is 68.0 Å². The molecular weight excluding hydrogens is 269 g/mol. The molecule has 2 aromatic rings. The fourth-order valence-corrected chi connectivity index (χ4v) is 2.18. The molecule has 0 spiro atoms. The van der Waals surface area contributed by atoms with Gasteiger partial charge in [0.1, 0.15) is 5.82 Å². The maximum absolute atomic E-state index is 13.5. The number of halogens is 1. The maximum atomic E-state index is 13.5. The number of aliphatic carboxylic acids is 1. The first-order valence-electron chi connectivity index (χ1n) is 5.49. The van der Waals surface area contributed by atoms with Crippen LogP contribution in [0.2, 0.25) is 0 Å². The van der Waals surface area contributed by atoms with Crippen molar-refractivity contribution in [2.24, 2.45) is 7.05 Å². The average Bonchev–Trinajstić information content (AvgIpc) is 2.72. The molecule has 0 amide bonds. The van der Waals surface area contributed by atoms with Gasteiger partial charge in [0.05, 0.1) is 5.75 Å². The second kappa shape index (κ2) is 5.40. The summed E-state index contributed by atoms with van der Waals surface area (Å²) in [4.78, 5) is 10.5. The molecule has 1 N–H and O–H groups in total. The first-order valence-corrected chi connectivity index (χ1v) is 6.48. The molecule has 0 atom stereocenters. The summed E-state index contributed by atoms with van der Waals surface area (Å²) < 4.78 is 15.2. The highest BCUT2D eigenvalue weighted by Crippen LogP contribution is 2.23. The van der Waals surface area contributed by atoms with E-state index in [0.29, 0.717) is 22.1 Å². The number of aryl methyl sites for hydroxylation is 1. The van der Waals surface area contributed by atoms with Gasteiger partial charge in [0.15, 0.2) is 11.0 Å². The SMILES string of the molecule is Cc1ccc(-c2nnc(SCC(=O)O)n2C)cc1F. The number of hydrogen-bond acceptors (Lipinski definition) is 4. The zero-order chi connectivity index (χ0) is 14.0. The third-order valence-corrected chi connectivity index (χ3v) is 3.59. The van der Waals surface area contributed by atoms with Crippen LogP contribution >= 0.6 is 11.8 Å². The Labute approximate surface area is 113 Å². The molecule has 0 fully saturated rings. The van der Waals surface area contributed by atoms with E-state index in [1.807, 2.05) is 0 Å². The number of rotatable bonds is 4. The Balaban J connectivity index is 2.30. The number of benzene rings is 1. The van der Waals surface area contributed by atoms with E-state index in [1.165, 1.54) is 6.07 Å². The van der Waals surface area contributed by atoms with E-state index >= 15 is 0 Å². The first-order chi connectivity index (χ1) is 8.99. The minimum atomic E-state index is -0.920. The standard InChI is InChI=1S/C12H12FN3O2S/c1-7-3-4-8(5-9(7)13)11-14-15-12(16(11)2)19-6-10(17)18/h3-5H,6H2,1-2H3,(H,17,18). The largest absolute Gasteiger partial charge is 0.481 e. The number of carboxylic acids is 1. The minimum absolute atomic E-state index is 0.0891. The normalized spacial score (nSPS) is 10.7. The molecule has 7 heteroatoms. The van der Waals surface area contributed by atoms with Crippen molar-refractivity contribution in [2.75, 3.05) is 5.75 Å². The summed E-state index contributed by atoms with van der Waals surface area (Å²) in [5.74, 6) is -0.809. The summed E-state index contributed by atoms with van der Waals surface area (Å²) in [5.41, 5.74) is 1.17. The summed E-state index contributed by atoms with van der Waals surface area (Å²) in [5, 5.41) is 17.0. The summed E-state index contributed by atoms with van der Waals surface area (Å²) >= 11 is 1.07. The highest BCUT2D eigenvalue weighted by atomic mass is 32.2. The first kappa shape index (κ1) is 13.5. The van der Waals surface area contributed by atoms with Crippen LogP contribution in [0.4, 0.5) is 4.39 Å². The van der Waals surface area contributed by atoms with Crippen LogP contribution in [0.25, 0.3) is 11.4 Å². The molecule has 0 unspecified atom stereocenters. The van der Waals surface area contributed by atoms with Crippen LogP contribution in [0, 0.1) is 12.7 Å². The maximum Gasteiger partial charge on any atom is 0.313 e. The molecule has 2 rings (SSSR count). The van der Waals surface area contributed by atoms with E-state index in [-0.39, 0.29) is 11.6 Å². The Morgan fingerprint density at radius 1 is 1.47 bits per heavy atom. The molecular formula is C12H12FN3O2S. The molecule has 0 aliphatic heterocycles. The van der Waals surface area contributed by atoms with Gasteiger partial charge in [-0.2, -0.15) is 0 Å². The monoisotopic (exact) mass is 281 g/mol. The zero-order valence-electron chi connectivity index (χ0n) is 10.4. The summed E-state index contributed by atoms with van der Waals surface area (Å²) in [7, 11) is 1.72. The number of carbonyl (C=O) groups is 1. The molecule has 19 heavy (non-hydrogen) atoms. The van der Waals surface area contributed by atoms with E-state index in [1.54, 1.807) is 30.7 Å². The predicted octanol–water partition coefficient (Wildman–Crippen LogP) is 2.11. The molecule has 1 heterocycles. The highest BCUT2D eigenvalue weighted by molar-refractivity contribution is 7.99. The average molecular weight is 281 g/mol. The van der Waals surface area contributed by atoms with Crippen LogP contribution in [0.3, 0.4) is 0 Å². The Hall–Kier alpha value is -1.89. The van der Waals surface area contributed by atoms with Gasteiger partial charge in [-0.05, 0) is 18.6 Å². The second-order valence-electron chi connectivity index (χ2n) is 4.01. The van der Waals surface area contributed by atoms with Crippen LogP contribution in [0.15, 0.2) is 23.4 Å². The van der Waals surface area contributed by atoms with Gasteiger partial charge in [-0.1, -0.05) is 23.9 Å². The lowest BCUT2D eigenvalue weighted by atomic mass is 10.1. The fraction of sp³-hybridized carbons (Fsp3) is 0.250. The summed E-state index contributed by atoms with van der Waals surface area (Å²) in [6.45, 7) is 1.68. The van der Waals surface area contributed by atoms with Gasteiger partial charge in [-0.3, -0.25) is 4.79 Å². The van der Waals surface area contributed by atoms with Gasteiger partial charge >= 0.3 is 5.97 Å². The number of hydrogen-bond donors (Lipinski definition) is 1. The zero-order valence-corrected chi connectivity index (χ0v) is 11.2. The number of carboxylic acid groups (broad SMARTS) is 1. The van der Waals surface area contributed by atoms with E-state index in [4.69, 9.17) is 5.11 Å². The van der Waals surface area contributed by atoms with Gasteiger partial charge in [-0.15, -0.1) is 10.2 Å². The smallest absolute Gasteiger partial charge is 0.313 e. The molecule has 0 saturated heterocycles. The lowest BCUT2D eigenvalue weighted by Crippen LogP contribution is -2.01. The number of thioether (sulfide) groups is 1. The van der Waals surface area contributed by atoms with Gasteiger partial charge in [0.2, 0.25) is 0 Å². The van der Waals surface area contributed by atoms with E-state index < -0.39 is 5.97 Å². The molecule has 5 nitrogen and oxygen atoms in total. The molecule has 1 aromatic heterocycles. The van der Waals surface area contributed by atoms with Gasteiger partial charge in [0.25, 0.3) is 0 Å². The lowest BCUT2D eigenvalue weighted by Gasteiger charge is -2.04. The second-order valence-corrected chi connectivity index (χ2v) is 4.95. The molecule has 0 aliphatic carbocycles. The molecule has 100 valence electrons. The van der Waals surface area contributed by atoms with Crippen molar-refractivity contribution in [3.05, 3.63) is 29.6 Å². The number of nitrogens with zero attached hydrogens (tertiary/aromatic N) is 3. The fourth-order valence-electron chi connectivity index (χ4n) is 1.55. The minimum Gasteiger partial charge on any atom is -0.481 e. The van der Waals surface area contributed by atoms with Crippen LogP contribution in [0.1, 0.15) is 5.56 Å². The van der Waals surface area contributed by atoms with Crippen molar-refractivity contribution < 1.29 is 14.3 Å². The van der Waals surface area contributed by atoms with Crippen LogP contribution < -0.4 is 0 Å². The predicted molar refractivity (Wildman–Crippen MR) is 69.5 cm³/mol. The van der Waals surface area contributed by atoms with Gasteiger partial charge in [0, 0.05) is 12.6 Å². The molecule has 0 bridgehead atoms. The molecule has 0 radical (unpaired) electrons. The van der Waals surface area contributed by atoms with Crippen molar-refractivity contribution in [2.45, 2.75) is 12.1 Å². The van der Waals surface area contributed by atoms with Crippen LogP contribution in [-0.4, -0.2) is 31.6 Å². The van der Waals surface area contributed by atoms with Crippen molar-refractivity contribution in [3.63, 3.8) is 0 Å². The lowest BCUT2D eigenvalue weighted by molar-refractivity contribution is -0.133. The van der Waals surface area contributed by atoms with Gasteiger partial charge < -0.3 is 9.67 Å². The third-order valence-electron chi connectivity index (χ3n) is 2.59. The van der Waals surface area contributed by atoms with Crippen LogP contribution in [-0.2, 0) is 11.8 Å². The van der Waals surface area contributed by atoms with Crippen molar-refractivity contribution in [3.8, 4) is 11.4 Å². The Morgan fingerprint density at radius 3 is 2.84 bits per heavy atom. The Bertz CT molecular complexity index is 627. The van der Waals surface area contributed by atoms with Crippen molar-refractivity contribution in [1.82, 2.24) is 14.8 Å². The summed E-state index contributed by atoms with van der Waals surface area (Å²) in [6.07, 6.45) is 0. The van der Waals surface area contributed by atoms with Crippen molar-refractivity contribution >= 4 is 17.7 Å². The molecule has 1 aromatic carbocycles.